The molecule has 0 radical (unpaired) electrons. The quantitative estimate of drug-likeness (QED) is 0.828. The number of nitrogens with two attached hydrogens (primary N) is 1. The number of hydrogen-bond donors (Lipinski definition) is 1. The summed E-state index contributed by atoms with van der Waals surface area (Å²) < 4.78 is 44.6. The van der Waals surface area contributed by atoms with Crippen LogP contribution >= 0.6 is 0 Å². The summed E-state index contributed by atoms with van der Waals surface area (Å²) in [7, 11) is -2.51. The van der Waals surface area contributed by atoms with E-state index in [1.807, 2.05) is 0 Å². The van der Waals surface area contributed by atoms with Crippen molar-refractivity contribution in [1.82, 2.24) is 4.31 Å². The molecule has 1 atom stereocenters. The topological polar surface area (TPSA) is 72.6 Å². The molecule has 0 amide bonds. The van der Waals surface area contributed by atoms with E-state index < -0.39 is 20.7 Å². The number of hydrogen-bond acceptors (Lipinski definition) is 4. The molecule has 18 heavy (non-hydrogen) atoms. The second-order valence-electron chi connectivity index (χ2n) is 4.20. The Labute approximate surface area is 105 Å². The number of rotatable bonds is 3. The zero-order chi connectivity index (χ0) is 13.3. The molecule has 7 heteroatoms. The maximum Gasteiger partial charge on any atom is 0.248 e. The molecule has 0 spiro atoms. The molecule has 1 saturated heterocycles. The lowest BCUT2D eigenvalue weighted by atomic mass is 10.3. The lowest BCUT2D eigenvalue weighted by Crippen LogP contribution is -2.38. The van der Waals surface area contributed by atoms with Gasteiger partial charge in [0.1, 0.15) is 10.7 Å². The molecule has 1 aliphatic rings. The second-order valence-corrected chi connectivity index (χ2v) is 6.13. The molecule has 100 valence electrons. The van der Waals surface area contributed by atoms with Gasteiger partial charge in [0.2, 0.25) is 10.0 Å². The third-order valence-electron chi connectivity index (χ3n) is 3.05. The van der Waals surface area contributed by atoms with Crippen molar-refractivity contribution in [2.75, 3.05) is 26.0 Å². The van der Waals surface area contributed by atoms with E-state index in [0.29, 0.717) is 19.6 Å². The number of anilines is 1. The van der Waals surface area contributed by atoms with Crippen LogP contribution in [0.3, 0.4) is 0 Å². The summed E-state index contributed by atoms with van der Waals surface area (Å²) in [5.41, 5.74) is 5.48. The molecule has 0 aliphatic carbocycles. The highest BCUT2D eigenvalue weighted by Gasteiger charge is 2.33. The molecule has 2 N–H and O–H groups in total. The number of nitrogens with zero attached hydrogens (tertiary/aromatic N) is 1. The lowest BCUT2D eigenvalue weighted by molar-refractivity contribution is 0.181. The monoisotopic (exact) mass is 274 g/mol. The van der Waals surface area contributed by atoms with Gasteiger partial charge < -0.3 is 10.5 Å². The average molecular weight is 274 g/mol. The first-order valence-corrected chi connectivity index (χ1v) is 6.98. The summed E-state index contributed by atoms with van der Waals surface area (Å²) in [6, 6.07) is 3.56. The summed E-state index contributed by atoms with van der Waals surface area (Å²) in [6.07, 6.45) is 0.601. The smallest absolute Gasteiger partial charge is 0.248 e. The van der Waals surface area contributed by atoms with Gasteiger partial charge in [-0.25, -0.2) is 12.8 Å². The normalized spacial score (nSPS) is 20.5. The van der Waals surface area contributed by atoms with Crippen LogP contribution < -0.4 is 5.73 Å². The molecular weight excluding hydrogens is 259 g/mol. The lowest BCUT2D eigenvalue weighted by Gasteiger charge is -2.23. The van der Waals surface area contributed by atoms with Crippen LogP contribution in [0.4, 0.5) is 10.1 Å². The maximum atomic E-state index is 13.7. The first-order valence-electron chi connectivity index (χ1n) is 5.54. The minimum atomic E-state index is -3.93. The van der Waals surface area contributed by atoms with Crippen LogP contribution in [0.2, 0.25) is 0 Å². The Bertz CT molecular complexity index is 521. The van der Waals surface area contributed by atoms with Gasteiger partial charge in [0.15, 0.2) is 0 Å². The first-order chi connectivity index (χ1) is 8.44. The zero-order valence-electron chi connectivity index (χ0n) is 9.97. The standard InChI is InChI=1S/C11H15FN2O3S/c1-14(8-5-6-17-7-8)18(15,16)11-9(12)3-2-4-10(11)13/h2-4,8H,5-7,13H2,1H3. The molecule has 0 aromatic heterocycles. The van der Waals surface area contributed by atoms with Crippen molar-refractivity contribution in [2.24, 2.45) is 0 Å². The van der Waals surface area contributed by atoms with Crippen LogP contribution in [0, 0.1) is 5.82 Å². The van der Waals surface area contributed by atoms with Gasteiger partial charge in [0.05, 0.1) is 18.3 Å². The third-order valence-corrected chi connectivity index (χ3v) is 5.06. The predicted molar refractivity (Wildman–Crippen MR) is 65.0 cm³/mol. The molecule has 0 bridgehead atoms. The molecule has 1 aromatic carbocycles. The van der Waals surface area contributed by atoms with Gasteiger partial charge in [-0.15, -0.1) is 0 Å². The van der Waals surface area contributed by atoms with Gasteiger partial charge in [-0.3, -0.25) is 0 Å². The van der Waals surface area contributed by atoms with Crippen molar-refractivity contribution in [3.8, 4) is 0 Å². The van der Waals surface area contributed by atoms with E-state index in [1.54, 1.807) is 0 Å². The molecule has 1 fully saturated rings. The predicted octanol–water partition coefficient (Wildman–Crippen LogP) is 0.817. The van der Waals surface area contributed by atoms with Crippen LogP contribution in [-0.2, 0) is 14.8 Å². The van der Waals surface area contributed by atoms with Crippen molar-refractivity contribution < 1.29 is 17.5 Å². The third kappa shape index (κ3) is 2.21. The molecule has 1 heterocycles. The van der Waals surface area contributed by atoms with E-state index in [2.05, 4.69) is 0 Å². The van der Waals surface area contributed by atoms with Crippen molar-refractivity contribution >= 4 is 15.7 Å². The highest BCUT2D eigenvalue weighted by atomic mass is 32.2. The van der Waals surface area contributed by atoms with E-state index in [1.165, 1.54) is 19.2 Å². The van der Waals surface area contributed by atoms with Gasteiger partial charge in [-0.2, -0.15) is 4.31 Å². The summed E-state index contributed by atoms with van der Waals surface area (Å²) in [4.78, 5) is -0.459. The van der Waals surface area contributed by atoms with E-state index in [4.69, 9.17) is 10.5 Å². The minimum absolute atomic E-state index is 0.0826. The first kappa shape index (κ1) is 13.3. The average Bonchev–Trinajstić information content (AvgIpc) is 2.80. The molecule has 1 unspecified atom stereocenters. The molecule has 2 rings (SSSR count). The van der Waals surface area contributed by atoms with Crippen LogP contribution in [0.1, 0.15) is 6.42 Å². The fourth-order valence-corrected chi connectivity index (χ4v) is 3.47. The second kappa shape index (κ2) is 4.83. The number of ether oxygens (including phenoxy) is 1. The Kier molecular flexibility index (Phi) is 3.56. The largest absolute Gasteiger partial charge is 0.398 e. The van der Waals surface area contributed by atoms with Crippen molar-refractivity contribution in [1.29, 1.82) is 0 Å². The number of nitrogen functional groups attached to an aromatic ring is 1. The zero-order valence-corrected chi connectivity index (χ0v) is 10.8. The Morgan fingerprint density at radius 2 is 2.22 bits per heavy atom. The van der Waals surface area contributed by atoms with E-state index in [-0.39, 0.29) is 11.7 Å². The van der Waals surface area contributed by atoms with Crippen molar-refractivity contribution in [3.63, 3.8) is 0 Å². The molecule has 0 saturated carbocycles. The summed E-state index contributed by atoms with van der Waals surface area (Å²) in [5, 5.41) is 0. The minimum Gasteiger partial charge on any atom is -0.398 e. The fraction of sp³-hybridized carbons (Fsp3) is 0.455. The number of halogens is 1. The van der Waals surface area contributed by atoms with Crippen LogP contribution in [0.25, 0.3) is 0 Å². The number of benzene rings is 1. The van der Waals surface area contributed by atoms with Crippen LogP contribution in [0.5, 0.6) is 0 Å². The van der Waals surface area contributed by atoms with Crippen LogP contribution in [-0.4, -0.2) is 39.0 Å². The maximum absolute atomic E-state index is 13.7. The Morgan fingerprint density at radius 3 is 2.78 bits per heavy atom. The molecule has 5 nitrogen and oxygen atoms in total. The summed E-state index contributed by atoms with van der Waals surface area (Å²) in [5.74, 6) is -0.833. The Balaban J connectivity index is 2.41. The van der Waals surface area contributed by atoms with Gasteiger partial charge in [-0.05, 0) is 18.6 Å². The SMILES string of the molecule is CN(C1CCOC1)S(=O)(=O)c1c(N)cccc1F. The van der Waals surface area contributed by atoms with E-state index in [0.717, 1.165) is 10.4 Å². The van der Waals surface area contributed by atoms with Gasteiger partial charge >= 0.3 is 0 Å². The van der Waals surface area contributed by atoms with Gasteiger partial charge in [-0.1, -0.05) is 6.07 Å². The summed E-state index contributed by atoms with van der Waals surface area (Å²) in [6.45, 7) is 0.835. The number of sulfonamides is 1. The van der Waals surface area contributed by atoms with Gasteiger partial charge in [0, 0.05) is 13.7 Å². The molecule has 1 aliphatic heterocycles. The molecular formula is C11H15FN2O3S. The number of likely N-dealkylation sites (N-methyl/N-ethyl adjacent to an activating group) is 1. The highest BCUT2D eigenvalue weighted by molar-refractivity contribution is 7.89. The highest BCUT2D eigenvalue weighted by Crippen LogP contribution is 2.27. The van der Waals surface area contributed by atoms with Crippen molar-refractivity contribution in [3.05, 3.63) is 24.0 Å². The molecule has 1 aromatic rings. The Hall–Kier alpha value is -1.18. The Morgan fingerprint density at radius 1 is 1.50 bits per heavy atom. The van der Waals surface area contributed by atoms with Gasteiger partial charge in [0.25, 0.3) is 0 Å². The van der Waals surface area contributed by atoms with Crippen molar-refractivity contribution in [2.45, 2.75) is 17.4 Å². The van der Waals surface area contributed by atoms with E-state index in [9.17, 15) is 12.8 Å². The van der Waals surface area contributed by atoms with E-state index >= 15 is 0 Å². The fourth-order valence-electron chi connectivity index (χ4n) is 1.95. The summed E-state index contributed by atoms with van der Waals surface area (Å²) >= 11 is 0. The van der Waals surface area contributed by atoms with Crippen LogP contribution in [0.15, 0.2) is 23.1 Å².